The van der Waals surface area contributed by atoms with Crippen LogP contribution >= 0.6 is 0 Å². The topological polar surface area (TPSA) is 26.0 Å². The number of benzene rings is 2. The van der Waals surface area contributed by atoms with Gasteiger partial charge in [-0.25, -0.2) is 0 Å². The predicted octanol–water partition coefficient (Wildman–Crippen LogP) is 4.90. The van der Waals surface area contributed by atoms with Crippen LogP contribution in [0, 0.1) is 0 Å². The van der Waals surface area contributed by atoms with E-state index in [1.807, 2.05) is 37.3 Å². The minimum atomic E-state index is -4.39. The summed E-state index contributed by atoms with van der Waals surface area (Å²) in [5.41, 5.74) is 6.65. The van der Waals surface area contributed by atoms with Gasteiger partial charge in [0, 0.05) is 12.0 Å². The van der Waals surface area contributed by atoms with E-state index in [4.69, 9.17) is 5.73 Å². The van der Waals surface area contributed by atoms with Crippen LogP contribution in [0.15, 0.2) is 54.6 Å². The largest absolute Gasteiger partial charge is 0.416 e. The highest BCUT2D eigenvalue weighted by Crippen LogP contribution is 2.39. The lowest BCUT2D eigenvalue weighted by Crippen LogP contribution is -2.23. The summed E-state index contributed by atoms with van der Waals surface area (Å²) in [5, 5.41) is 0. The molecule has 2 atom stereocenters. The molecule has 0 spiro atoms. The first-order chi connectivity index (χ1) is 9.95. The molecule has 0 fully saturated rings. The van der Waals surface area contributed by atoms with Gasteiger partial charge in [-0.15, -0.1) is 0 Å². The average Bonchev–Trinajstić information content (AvgIpc) is 2.48. The summed E-state index contributed by atoms with van der Waals surface area (Å²) in [6, 6.07) is 14.3. The van der Waals surface area contributed by atoms with Gasteiger partial charge in [0.25, 0.3) is 0 Å². The first-order valence-electron chi connectivity index (χ1n) is 6.91. The van der Waals surface area contributed by atoms with Crippen molar-refractivity contribution in [2.45, 2.75) is 31.5 Å². The summed E-state index contributed by atoms with van der Waals surface area (Å²) < 4.78 is 39.4. The summed E-state index contributed by atoms with van der Waals surface area (Å²) in [7, 11) is 0. The summed E-state index contributed by atoms with van der Waals surface area (Å²) in [6.45, 7) is 1.94. The van der Waals surface area contributed by atoms with E-state index in [-0.39, 0.29) is 11.5 Å². The number of hydrogen-bond donors (Lipinski definition) is 1. The van der Waals surface area contributed by atoms with E-state index in [0.717, 1.165) is 11.6 Å². The van der Waals surface area contributed by atoms with Crippen molar-refractivity contribution in [3.8, 4) is 0 Å². The molecule has 112 valence electrons. The van der Waals surface area contributed by atoms with Gasteiger partial charge in [0.05, 0.1) is 5.56 Å². The minimum Gasteiger partial charge on any atom is -0.323 e. The Labute approximate surface area is 122 Å². The van der Waals surface area contributed by atoms with Crippen LogP contribution in [0.5, 0.6) is 0 Å². The minimum absolute atomic E-state index is 0.144. The van der Waals surface area contributed by atoms with Gasteiger partial charge in [-0.3, -0.25) is 0 Å². The highest BCUT2D eigenvalue weighted by Gasteiger charge is 2.35. The monoisotopic (exact) mass is 293 g/mol. The molecule has 0 radical (unpaired) electrons. The molecule has 0 aliphatic carbocycles. The summed E-state index contributed by atoms with van der Waals surface area (Å²) >= 11 is 0. The highest BCUT2D eigenvalue weighted by atomic mass is 19.4. The third kappa shape index (κ3) is 3.45. The second-order valence-electron chi connectivity index (χ2n) is 5.04. The van der Waals surface area contributed by atoms with Gasteiger partial charge in [-0.05, 0) is 23.6 Å². The molecule has 1 nitrogen and oxygen atoms in total. The summed E-state index contributed by atoms with van der Waals surface area (Å²) in [5.74, 6) is -0.144. The molecule has 2 N–H and O–H groups in total. The van der Waals surface area contributed by atoms with Crippen molar-refractivity contribution in [1.82, 2.24) is 0 Å². The zero-order valence-electron chi connectivity index (χ0n) is 11.8. The van der Waals surface area contributed by atoms with Gasteiger partial charge in [0.1, 0.15) is 0 Å². The Morgan fingerprint density at radius 3 is 2.10 bits per heavy atom. The van der Waals surface area contributed by atoms with Crippen molar-refractivity contribution in [2.24, 2.45) is 5.73 Å². The van der Waals surface area contributed by atoms with Crippen LogP contribution in [0.2, 0.25) is 0 Å². The molecule has 2 rings (SSSR count). The fourth-order valence-electron chi connectivity index (χ4n) is 2.66. The molecule has 0 aliphatic heterocycles. The summed E-state index contributed by atoms with van der Waals surface area (Å²) in [6.07, 6.45) is -3.71. The highest BCUT2D eigenvalue weighted by molar-refractivity contribution is 5.35. The molecular formula is C17H18F3N. The molecule has 0 amide bonds. The van der Waals surface area contributed by atoms with Crippen molar-refractivity contribution >= 4 is 0 Å². The van der Waals surface area contributed by atoms with Crippen LogP contribution in [0.4, 0.5) is 13.2 Å². The molecular weight excluding hydrogens is 275 g/mol. The zero-order chi connectivity index (χ0) is 15.5. The zero-order valence-corrected chi connectivity index (χ0v) is 11.8. The normalized spacial score (nSPS) is 14.7. The van der Waals surface area contributed by atoms with Crippen LogP contribution in [0.3, 0.4) is 0 Å². The van der Waals surface area contributed by atoms with Gasteiger partial charge < -0.3 is 5.73 Å². The molecule has 2 aromatic carbocycles. The molecule has 0 aliphatic rings. The van der Waals surface area contributed by atoms with Gasteiger partial charge >= 0.3 is 6.18 Å². The van der Waals surface area contributed by atoms with Gasteiger partial charge in [-0.2, -0.15) is 13.2 Å². The van der Waals surface area contributed by atoms with Crippen LogP contribution in [-0.2, 0) is 6.18 Å². The lowest BCUT2D eigenvalue weighted by atomic mass is 9.84. The smallest absolute Gasteiger partial charge is 0.323 e. The number of hydrogen-bond acceptors (Lipinski definition) is 1. The Balaban J connectivity index is 2.42. The van der Waals surface area contributed by atoms with Crippen LogP contribution < -0.4 is 5.73 Å². The van der Waals surface area contributed by atoms with Crippen molar-refractivity contribution < 1.29 is 13.2 Å². The Kier molecular flexibility index (Phi) is 4.68. The van der Waals surface area contributed by atoms with E-state index in [2.05, 4.69) is 0 Å². The fraction of sp³-hybridized carbons (Fsp3) is 0.294. The average molecular weight is 293 g/mol. The van der Waals surface area contributed by atoms with Gasteiger partial charge in [0.2, 0.25) is 0 Å². The quantitative estimate of drug-likeness (QED) is 0.852. The van der Waals surface area contributed by atoms with Crippen LogP contribution in [0.25, 0.3) is 0 Å². The molecule has 2 aromatic rings. The van der Waals surface area contributed by atoms with Gasteiger partial charge in [0.15, 0.2) is 0 Å². The van der Waals surface area contributed by atoms with E-state index >= 15 is 0 Å². The van der Waals surface area contributed by atoms with E-state index < -0.39 is 17.8 Å². The summed E-state index contributed by atoms with van der Waals surface area (Å²) in [4.78, 5) is 0. The lowest BCUT2D eigenvalue weighted by Gasteiger charge is -2.26. The maximum absolute atomic E-state index is 13.1. The fourth-order valence-corrected chi connectivity index (χ4v) is 2.66. The molecule has 0 aromatic heterocycles. The predicted molar refractivity (Wildman–Crippen MR) is 77.8 cm³/mol. The maximum atomic E-state index is 13.1. The van der Waals surface area contributed by atoms with Crippen LogP contribution in [-0.4, -0.2) is 0 Å². The standard InChI is InChI=1S/C17H18F3N/c1-2-13(12-8-4-3-5-9-12)16(21)14-10-6-7-11-15(14)17(18,19)20/h3-11,13,16H,2,21H2,1H3. The first kappa shape index (κ1) is 15.6. The van der Waals surface area contributed by atoms with Crippen LogP contribution in [0.1, 0.15) is 42.0 Å². The Bertz CT molecular complexity index is 578. The molecule has 2 unspecified atom stereocenters. The third-order valence-electron chi connectivity index (χ3n) is 3.73. The lowest BCUT2D eigenvalue weighted by molar-refractivity contribution is -0.138. The number of nitrogens with two attached hydrogens (primary N) is 1. The second-order valence-corrected chi connectivity index (χ2v) is 5.04. The molecule has 0 saturated carbocycles. The van der Waals surface area contributed by atoms with Crippen molar-refractivity contribution in [3.63, 3.8) is 0 Å². The second kappa shape index (κ2) is 6.31. The maximum Gasteiger partial charge on any atom is 0.416 e. The Morgan fingerprint density at radius 1 is 0.952 bits per heavy atom. The van der Waals surface area contributed by atoms with Crippen molar-refractivity contribution in [1.29, 1.82) is 0 Å². The number of rotatable bonds is 4. The van der Waals surface area contributed by atoms with Crippen molar-refractivity contribution in [3.05, 3.63) is 71.3 Å². The third-order valence-corrected chi connectivity index (χ3v) is 3.73. The Morgan fingerprint density at radius 2 is 1.52 bits per heavy atom. The van der Waals surface area contributed by atoms with E-state index in [0.29, 0.717) is 6.42 Å². The van der Waals surface area contributed by atoms with E-state index in [9.17, 15) is 13.2 Å². The van der Waals surface area contributed by atoms with Crippen molar-refractivity contribution in [2.75, 3.05) is 0 Å². The SMILES string of the molecule is CCC(c1ccccc1)C(N)c1ccccc1C(F)(F)F. The molecule has 4 heteroatoms. The molecule has 0 bridgehead atoms. The molecule has 0 saturated heterocycles. The number of halogens is 3. The van der Waals surface area contributed by atoms with E-state index in [1.54, 1.807) is 6.07 Å². The first-order valence-corrected chi connectivity index (χ1v) is 6.91. The Hall–Kier alpha value is -1.81. The molecule has 0 heterocycles. The molecule has 21 heavy (non-hydrogen) atoms. The van der Waals surface area contributed by atoms with Gasteiger partial charge in [-0.1, -0.05) is 55.5 Å². The number of alkyl halides is 3. The van der Waals surface area contributed by atoms with E-state index in [1.165, 1.54) is 12.1 Å².